The molecule has 9 aromatic rings. The van der Waals surface area contributed by atoms with Gasteiger partial charge in [-0.2, -0.15) is 127 Å². The Morgan fingerprint density at radius 2 is 0.621 bits per heavy atom. The maximum Gasteiger partial charge on any atom is 0.416 e. The van der Waals surface area contributed by atoms with E-state index >= 15 is 0 Å². The Hall–Kier alpha value is -8.09. The third kappa shape index (κ3) is 22.0. The van der Waals surface area contributed by atoms with Gasteiger partial charge in [-0.15, -0.1) is 0 Å². The molecule has 0 amide bonds. The fraction of sp³-hybridized carbons (Fsp3) is 0.379. The molecule has 0 aromatic heterocycles. The van der Waals surface area contributed by atoms with Gasteiger partial charge >= 0.3 is 49.4 Å². The van der Waals surface area contributed by atoms with Crippen molar-refractivity contribution in [3.8, 4) is 0 Å². The van der Waals surface area contributed by atoms with E-state index in [-0.39, 0.29) is 53.2 Å². The molecule has 667 valence electrons. The predicted octanol–water partition coefficient (Wildman–Crippen LogP) is 25.8. The Bertz CT molecular complexity index is 4750. The molecule has 2 nitrogen and oxygen atoms in total. The second kappa shape index (κ2) is 35.5. The summed E-state index contributed by atoms with van der Waals surface area (Å²) >= 11 is 0. The Morgan fingerprint density at radius 1 is 0.339 bits per heavy atom. The van der Waals surface area contributed by atoms with Crippen molar-refractivity contribution >= 4 is 57.7 Å². The number of nitrogens with zero attached hydrogens (tertiary/aromatic N) is 1. The molecule has 1 spiro atoms. The second-order valence-electron chi connectivity index (χ2n) is 36.0. The standard InChI is InChI=1S/C55H66NOP.C32H12BF24.C8H12.Ir/c1-51(2,3)39-29-40(52(4,5)6)32-44(31-39)58(45-33-41(53(7,8)9)30-42(34-45)54(10,11)12)47-23-17-21-38-25-27-55(49(38)47)26-24-37-20-16-22-46(48(37)55)50-56-43(35-57-50)28-36-18-14-13-15-19-36;34-25(35,36)13-1-14(26(37,38)39)6-21(5-13)33(22-7-15(27(40,41)42)2-16(8-22)28(43,44)45,23-9-17(29(46,47)48)3-18(10-23)30(49,50)51)24-11-19(31(52,53)54)4-20(12-24)32(55,56)57;1-2-4-6-8-7-5-3-1;/h13-23,29-34,43H,24-28,35H2,1-12H3;1-12H;1-2,7-8H,3-6H2;/q;-1;;/t43-,55?;;;/m0.../s1. The molecule has 1 fully saturated rings. The summed E-state index contributed by atoms with van der Waals surface area (Å²) in [7, 11) is -0.951. The fourth-order valence-electron chi connectivity index (χ4n) is 16.7. The van der Waals surface area contributed by atoms with Gasteiger partial charge in [0.05, 0.1) is 50.5 Å². The van der Waals surface area contributed by atoms with Crippen LogP contribution in [0.3, 0.4) is 0 Å². The molecule has 2 atom stereocenters. The molecule has 1 heterocycles. The summed E-state index contributed by atoms with van der Waals surface area (Å²) in [4.78, 5) is 5.32. The Balaban J connectivity index is 0.000000236. The third-order valence-electron chi connectivity index (χ3n) is 23.0. The summed E-state index contributed by atoms with van der Waals surface area (Å²) in [5.41, 5.74) is -16.0. The van der Waals surface area contributed by atoms with Crippen LogP contribution in [0.4, 0.5) is 105 Å². The maximum absolute atomic E-state index is 14.2. The molecule has 13 rings (SSSR count). The molecule has 3 aliphatic carbocycles. The van der Waals surface area contributed by atoms with Crippen molar-refractivity contribution in [3.05, 3.63) is 302 Å². The van der Waals surface area contributed by atoms with E-state index in [0.29, 0.717) is 6.61 Å². The smallest absolute Gasteiger partial charge is 0.416 e. The number of hydrogen-bond acceptors (Lipinski definition) is 2. The predicted molar refractivity (Wildman–Crippen MR) is 436 cm³/mol. The number of alkyl halides is 24. The molecule has 0 saturated heterocycles. The van der Waals surface area contributed by atoms with Crippen LogP contribution in [0.2, 0.25) is 0 Å². The minimum atomic E-state index is -6.13. The third-order valence-corrected chi connectivity index (χ3v) is 25.4. The van der Waals surface area contributed by atoms with Crippen LogP contribution in [-0.2, 0) is 121 Å². The van der Waals surface area contributed by atoms with Gasteiger partial charge in [0.15, 0.2) is 0 Å². The fourth-order valence-corrected chi connectivity index (χ4v) is 19.4. The van der Waals surface area contributed by atoms with E-state index in [4.69, 9.17) is 9.73 Å². The van der Waals surface area contributed by atoms with Crippen molar-refractivity contribution in [2.45, 2.75) is 223 Å². The quantitative estimate of drug-likeness (QED) is 0.0760. The number of halogens is 24. The van der Waals surface area contributed by atoms with Crippen molar-refractivity contribution < 1.29 is 130 Å². The summed E-state index contributed by atoms with van der Waals surface area (Å²) in [6, 6.07) is 31.7. The molecule has 9 aromatic carbocycles. The van der Waals surface area contributed by atoms with E-state index in [9.17, 15) is 105 Å². The van der Waals surface area contributed by atoms with Crippen molar-refractivity contribution in [2.75, 3.05) is 6.61 Å². The largest absolute Gasteiger partial charge is 0.475 e. The van der Waals surface area contributed by atoms with E-state index in [1.165, 1.54) is 91.7 Å². The summed E-state index contributed by atoms with van der Waals surface area (Å²) in [6.45, 7) is 29.2. The molecule has 29 heteroatoms. The van der Waals surface area contributed by atoms with Crippen molar-refractivity contribution in [3.63, 3.8) is 0 Å². The van der Waals surface area contributed by atoms with E-state index in [1.54, 1.807) is 5.56 Å². The molecule has 1 unspecified atom stereocenters. The van der Waals surface area contributed by atoms with Crippen LogP contribution < -0.4 is 37.8 Å². The van der Waals surface area contributed by atoms with Gasteiger partial charge in [-0.1, -0.05) is 229 Å². The SMILES string of the molecule is CC(C)(C)c1cc(P(c2cc(C(C)(C)C)cc(C(C)(C)C)c2)c2cccc3c2C2(CCc4cccc(C5=N[C@@H](Cc6ccccc6)CO5)c42)CC3)cc(C(C)(C)C)c1.FC(F)(F)c1cc([B-](c2cc(C(F)(F)F)cc(C(F)(F)F)c2)(c2cc(C(F)(F)F)cc(C(F)(F)F)c2)c2cc(C(F)(F)F)cc(C(F)(F)F)c2)cc(C(F)(F)F)c1.[CH]1[CH]CC[CH][CH]CC1.[Ir]. The van der Waals surface area contributed by atoms with Gasteiger partial charge in [0.1, 0.15) is 12.8 Å². The van der Waals surface area contributed by atoms with Gasteiger partial charge in [-0.25, -0.2) is 4.99 Å². The molecule has 0 N–H and O–H groups in total. The zero-order valence-electron chi connectivity index (χ0n) is 69.5. The van der Waals surface area contributed by atoms with Crippen molar-refractivity contribution in [2.24, 2.45) is 4.99 Å². The molecule has 124 heavy (non-hydrogen) atoms. The number of hydrogen-bond donors (Lipinski definition) is 0. The van der Waals surface area contributed by atoms with E-state index in [0.717, 1.165) is 38.0 Å². The summed E-state index contributed by atoms with van der Waals surface area (Å²) in [5.74, 6) is 0.840. The minimum Gasteiger partial charge on any atom is -0.475 e. The minimum absolute atomic E-state index is 0. The molecule has 5 radical (unpaired) electrons. The van der Waals surface area contributed by atoms with Crippen LogP contribution >= 0.6 is 7.92 Å². The molecule has 4 aliphatic rings. The van der Waals surface area contributed by atoms with Gasteiger partial charge in [0.2, 0.25) is 5.90 Å². The first kappa shape index (κ1) is 98.1. The summed E-state index contributed by atoms with van der Waals surface area (Å²) < 4.78 is 347. The average Bonchev–Trinajstić information content (AvgIpc) is 1.21. The first-order valence-electron chi connectivity index (χ1n) is 39.8. The Labute approximate surface area is 720 Å². The topological polar surface area (TPSA) is 21.6 Å². The monoisotopic (exact) mass is 1950 g/mol. The number of ether oxygens (including phenoxy) is 1. The number of fused-ring (bicyclic) bond motifs is 4. The van der Waals surface area contributed by atoms with Crippen LogP contribution in [0, 0.1) is 25.7 Å². The van der Waals surface area contributed by atoms with Gasteiger partial charge < -0.3 is 4.74 Å². The zero-order valence-corrected chi connectivity index (χ0v) is 72.8. The molecule has 1 saturated carbocycles. The number of rotatable bonds is 10. The molecular formula is C95H90BF24IrNOP-. The summed E-state index contributed by atoms with van der Waals surface area (Å²) in [6.07, 6.45) is -35.5. The van der Waals surface area contributed by atoms with E-state index < -0.39 is 203 Å². The van der Waals surface area contributed by atoms with Crippen molar-refractivity contribution in [1.29, 1.82) is 0 Å². The normalized spacial score (nSPS) is 17.2. The Morgan fingerprint density at radius 3 is 0.911 bits per heavy atom. The van der Waals surface area contributed by atoms with Crippen molar-refractivity contribution in [1.82, 2.24) is 0 Å². The molecular weight excluding hydrogens is 1860 g/mol. The van der Waals surface area contributed by atoms with Gasteiger partial charge in [-0.3, -0.25) is 0 Å². The zero-order chi connectivity index (χ0) is 91.0. The number of benzene rings is 9. The number of aryl methyl sites for hydroxylation is 2. The van der Waals surface area contributed by atoms with E-state index in [1.807, 2.05) is 0 Å². The van der Waals surface area contributed by atoms with Crippen LogP contribution in [0.15, 0.2) is 181 Å². The van der Waals surface area contributed by atoms with Crippen LogP contribution in [-0.4, -0.2) is 24.7 Å². The van der Waals surface area contributed by atoms with Gasteiger partial charge in [-0.05, 0) is 209 Å². The van der Waals surface area contributed by atoms with Gasteiger partial charge in [0, 0.05) is 31.1 Å². The number of aliphatic imine (C=N–C) groups is 1. The van der Waals surface area contributed by atoms with E-state index in [2.05, 4.69) is 212 Å². The molecule has 1 aliphatic heterocycles. The van der Waals surface area contributed by atoms with Crippen LogP contribution in [0.25, 0.3) is 0 Å². The van der Waals surface area contributed by atoms with Crippen LogP contribution in [0.1, 0.15) is 222 Å². The second-order valence-corrected chi connectivity index (χ2v) is 38.2. The Kier molecular flexibility index (Phi) is 28.1. The molecule has 0 bridgehead atoms. The maximum atomic E-state index is 14.2. The summed E-state index contributed by atoms with van der Waals surface area (Å²) in [5, 5.41) is 4.46. The average molecular weight is 1950 g/mol. The van der Waals surface area contributed by atoms with Crippen LogP contribution in [0.5, 0.6) is 0 Å². The first-order valence-corrected chi connectivity index (χ1v) is 41.1. The van der Waals surface area contributed by atoms with Gasteiger partial charge in [0.25, 0.3) is 0 Å². The first-order chi connectivity index (χ1) is 56.5.